The lowest BCUT2D eigenvalue weighted by molar-refractivity contribution is -0.131. The van der Waals surface area contributed by atoms with Gasteiger partial charge in [0.05, 0.1) is 6.54 Å². The molecule has 1 aliphatic rings. The van der Waals surface area contributed by atoms with E-state index in [0.717, 1.165) is 31.5 Å². The van der Waals surface area contributed by atoms with Crippen LogP contribution < -0.4 is 5.32 Å². The smallest absolute Gasteiger partial charge is 0.236 e. The molecule has 1 heterocycles. The molecule has 3 nitrogen and oxygen atoms in total. The molecule has 0 saturated carbocycles. The van der Waals surface area contributed by atoms with Crippen molar-refractivity contribution in [2.45, 2.75) is 40.5 Å². The Labute approximate surface area is 106 Å². The van der Waals surface area contributed by atoms with Crippen LogP contribution in [0.4, 0.5) is 0 Å². The second-order valence-corrected chi connectivity index (χ2v) is 5.99. The summed E-state index contributed by atoms with van der Waals surface area (Å²) in [4.78, 5) is 13.9. The zero-order valence-electron chi connectivity index (χ0n) is 11.8. The van der Waals surface area contributed by atoms with E-state index >= 15 is 0 Å². The van der Waals surface area contributed by atoms with Gasteiger partial charge in [0.15, 0.2) is 0 Å². The van der Waals surface area contributed by atoms with Crippen LogP contribution in [0.1, 0.15) is 40.5 Å². The first-order chi connectivity index (χ1) is 8.00. The first kappa shape index (κ1) is 14.5. The van der Waals surface area contributed by atoms with Crippen LogP contribution >= 0.6 is 0 Å². The Bertz CT molecular complexity index is 230. The van der Waals surface area contributed by atoms with E-state index in [9.17, 15) is 4.79 Å². The number of hydrogen-bond acceptors (Lipinski definition) is 2. The van der Waals surface area contributed by atoms with Crippen molar-refractivity contribution in [1.82, 2.24) is 10.2 Å². The van der Waals surface area contributed by atoms with Crippen LogP contribution in [-0.2, 0) is 4.79 Å². The number of amides is 1. The van der Waals surface area contributed by atoms with Crippen molar-refractivity contribution >= 4 is 5.91 Å². The monoisotopic (exact) mass is 240 g/mol. The topological polar surface area (TPSA) is 32.3 Å². The second-order valence-electron chi connectivity index (χ2n) is 5.99. The van der Waals surface area contributed by atoms with E-state index in [4.69, 9.17) is 0 Å². The molecule has 0 radical (unpaired) electrons. The normalized spacial score (nSPS) is 18.1. The molecule has 1 aliphatic heterocycles. The first-order valence-corrected chi connectivity index (χ1v) is 6.99. The highest BCUT2D eigenvalue weighted by Gasteiger charge is 2.23. The Hall–Kier alpha value is -0.570. The maximum absolute atomic E-state index is 11.9. The van der Waals surface area contributed by atoms with Gasteiger partial charge in [-0.25, -0.2) is 0 Å². The zero-order chi connectivity index (χ0) is 12.8. The first-order valence-electron chi connectivity index (χ1n) is 6.99. The molecule has 17 heavy (non-hydrogen) atoms. The Kier molecular flexibility index (Phi) is 5.96. The van der Waals surface area contributed by atoms with Gasteiger partial charge in [0.1, 0.15) is 0 Å². The van der Waals surface area contributed by atoms with E-state index in [1.807, 2.05) is 4.90 Å². The minimum Gasteiger partial charge on any atom is -0.342 e. The molecular weight excluding hydrogens is 212 g/mol. The number of carbonyl (C=O) groups excluding carboxylic acids is 1. The fraction of sp³-hybridized carbons (Fsp3) is 0.929. The van der Waals surface area contributed by atoms with E-state index in [-0.39, 0.29) is 5.91 Å². The zero-order valence-corrected chi connectivity index (χ0v) is 11.8. The summed E-state index contributed by atoms with van der Waals surface area (Å²) in [6, 6.07) is 0. The molecule has 1 rings (SSSR count). The third-order valence-electron chi connectivity index (χ3n) is 3.66. The number of likely N-dealkylation sites (tertiary alicyclic amines) is 1. The van der Waals surface area contributed by atoms with Crippen LogP contribution in [0.2, 0.25) is 0 Å². The second kappa shape index (κ2) is 7.00. The van der Waals surface area contributed by atoms with Crippen LogP contribution in [0, 0.1) is 17.8 Å². The summed E-state index contributed by atoms with van der Waals surface area (Å²) in [5, 5.41) is 3.22. The Morgan fingerprint density at radius 1 is 1.24 bits per heavy atom. The molecule has 0 unspecified atom stereocenters. The Morgan fingerprint density at radius 3 is 2.29 bits per heavy atom. The van der Waals surface area contributed by atoms with E-state index in [1.54, 1.807) is 0 Å². The molecule has 0 atom stereocenters. The lowest BCUT2D eigenvalue weighted by Gasteiger charge is -2.34. The third-order valence-corrected chi connectivity index (χ3v) is 3.66. The molecule has 0 bridgehead atoms. The fourth-order valence-corrected chi connectivity index (χ4v) is 2.40. The number of nitrogens with zero attached hydrogens (tertiary/aromatic N) is 1. The summed E-state index contributed by atoms with van der Waals surface area (Å²) < 4.78 is 0. The van der Waals surface area contributed by atoms with Crippen LogP contribution in [0.15, 0.2) is 0 Å². The molecule has 0 aromatic rings. The maximum atomic E-state index is 11.9. The highest BCUT2D eigenvalue weighted by atomic mass is 16.2. The van der Waals surface area contributed by atoms with Crippen molar-refractivity contribution in [2.75, 3.05) is 26.2 Å². The number of nitrogens with one attached hydrogen (secondary N) is 1. The maximum Gasteiger partial charge on any atom is 0.236 e. The predicted octanol–water partition coefficient (Wildman–Crippen LogP) is 2.13. The van der Waals surface area contributed by atoms with Crippen molar-refractivity contribution < 1.29 is 4.79 Å². The molecule has 100 valence electrons. The highest BCUT2D eigenvalue weighted by molar-refractivity contribution is 5.78. The molecule has 1 fully saturated rings. The van der Waals surface area contributed by atoms with Gasteiger partial charge < -0.3 is 10.2 Å². The van der Waals surface area contributed by atoms with Gasteiger partial charge in [-0.2, -0.15) is 0 Å². The molecule has 0 aromatic heterocycles. The van der Waals surface area contributed by atoms with E-state index < -0.39 is 0 Å². The van der Waals surface area contributed by atoms with Gasteiger partial charge in [-0.3, -0.25) is 4.79 Å². The van der Waals surface area contributed by atoms with Gasteiger partial charge in [0.2, 0.25) is 5.91 Å². The summed E-state index contributed by atoms with van der Waals surface area (Å²) in [5.41, 5.74) is 0. The number of rotatable bonds is 5. The molecule has 3 heteroatoms. The average Bonchev–Trinajstić information content (AvgIpc) is 2.28. The number of carbonyl (C=O) groups is 1. The van der Waals surface area contributed by atoms with Crippen LogP contribution in [-0.4, -0.2) is 37.0 Å². The lowest BCUT2D eigenvalue weighted by Crippen LogP contribution is -2.44. The minimum atomic E-state index is 0.271. The van der Waals surface area contributed by atoms with Crippen LogP contribution in [0.3, 0.4) is 0 Å². The molecule has 0 aromatic carbocycles. The van der Waals surface area contributed by atoms with Crippen molar-refractivity contribution in [3.05, 3.63) is 0 Å². The van der Waals surface area contributed by atoms with E-state index in [0.29, 0.717) is 12.5 Å². The van der Waals surface area contributed by atoms with Crippen molar-refractivity contribution in [2.24, 2.45) is 17.8 Å². The fourth-order valence-electron chi connectivity index (χ4n) is 2.40. The van der Waals surface area contributed by atoms with Crippen LogP contribution in [0.25, 0.3) is 0 Å². The third kappa shape index (κ3) is 5.07. The summed E-state index contributed by atoms with van der Waals surface area (Å²) in [6.45, 7) is 12.2. The minimum absolute atomic E-state index is 0.271. The Morgan fingerprint density at radius 2 is 1.82 bits per heavy atom. The molecular formula is C14H28N2O. The van der Waals surface area contributed by atoms with Gasteiger partial charge >= 0.3 is 0 Å². The SMILES string of the molecule is CC(C)CNCC(=O)N1CCC(C(C)C)CC1. The molecule has 0 spiro atoms. The van der Waals surface area contributed by atoms with Gasteiger partial charge in [0, 0.05) is 13.1 Å². The van der Waals surface area contributed by atoms with E-state index in [2.05, 4.69) is 33.0 Å². The summed E-state index contributed by atoms with van der Waals surface area (Å²) in [7, 11) is 0. The highest BCUT2D eigenvalue weighted by Crippen LogP contribution is 2.24. The summed E-state index contributed by atoms with van der Waals surface area (Å²) in [6.07, 6.45) is 2.35. The van der Waals surface area contributed by atoms with Gasteiger partial charge in [-0.05, 0) is 37.1 Å². The summed E-state index contributed by atoms with van der Waals surface area (Å²) >= 11 is 0. The van der Waals surface area contributed by atoms with E-state index in [1.165, 1.54) is 12.8 Å². The van der Waals surface area contributed by atoms with Crippen molar-refractivity contribution in [3.63, 3.8) is 0 Å². The van der Waals surface area contributed by atoms with Gasteiger partial charge in [-0.1, -0.05) is 27.7 Å². The van der Waals surface area contributed by atoms with Crippen LogP contribution in [0.5, 0.6) is 0 Å². The number of piperidine rings is 1. The number of hydrogen-bond donors (Lipinski definition) is 1. The Balaban J connectivity index is 2.21. The quantitative estimate of drug-likeness (QED) is 0.798. The molecule has 0 aliphatic carbocycles. The lowest BCUT2D eigenvalue weighted by atomic mass is 9.87. The molecule has 1 N–H and O–H groups in total. The molecule has 1 saturated heterocycles. The van der Waals surface area contributed by atoms with Crippen molar-refractivity contribution in [1.29, 1.82) is 0 Å². The average molecular weight is 240 g/mol. The largest absolute Gasteiger partial charge is 0.342 e. The van der Waals surface area contributed by atoms with Crippen molar-refractivity contribution in [3.8, 4) is 0 Å². The van der Waals surface area contributed by atoms with Gasteiger partial charge in [0.25, 0.3) is 0 Å². The predicted molar refractivity (Wildman–Crippen MR) is 71.8 cm³/mol. The molecule has 1 amide bonds. The standard InChI is InChI=1S/C14H28N2O/c1-11(2)9-15-10-14(17)16-7-5-13(6-8-16)12(3)4/h11-13,15H,5-10H2,1-4H3. The summed E-state index contributed by atoms with van der Waals surface area (Å²) in [5.74, 6) is 2.44. The van der Waals surface area contributed by atoms with Gasteiger partial charge in [-0.15, -0.1) is 0 Å².